The van der Waals surface area contributed by atoms with Crippen molar-refractivity contribution in [3.63, 3.8) is 0 Å². The molecular formula is C22H17N3O3S2. The molecular weight excluding hydrogens is 418 g/mol. The van der Waals surface area contributed by atoms with Gasteiger partial charge in [-0.3, -0.25) is 4.79 Å². The van der Waals surface area contributed by atoms with Gasteiger partial charge in [-0.2, -0.15) is 5.10 Å². The first-order chi connectivity index (χ1) is 14.4. The van der Waals surface area contributed by atoms with E-state index in [1.54, 1.807) is 22.1 Å². The van der Waals surface area contributed by atoms with Crippen LogP contribution in [0.3, 0.4) is 0 Å². The maximum atomic E-state index is 12.6. The number of thiophene rings is 1. The van der Waals surface area contributed by atoms with Crippen LogP contribution < -0.4 is 5.14 Å². The van der Waals surface area contributed by atoms with Gasteiger partial charge >= 0.3 is 0 Å². The number of aromatic nitrogens is 2. The quantitative estimate of drug-likeness (QED) is 0.364. The molecule has 0 fully saturated rings. The number of carbonyl (C=O) groups is 1. The van der Waals surface area contributed by atoms with Crippen molar-refractivity contribution in [2.45, 2.75) is 4.90 Å². The summed E-state index contributed by atoms with van der Waals surface area (Å²) in [6.07, 6.45) is 5.05. The largest absolute Gasteiger partial charge is 0.289 e. The molecule has 2 aromatic carbocycles. The summed E-state index contributed by atoms with van der Waals surface area (Å²) in [5.41, 5.74) is 2.87. The van der Waals surface area contributed by atoms with Gasteiger partial charge in [0.25, 0.3) is 0 Å². The molecule has 4 rings (SSSR count). The molecule has 0 aliphatic rings. The van der Waals surface area contributed by atoms with Crippen LogP contribution in [0.1, 0.15) is 15.9 Å². The molecule has 2 heterocycles. The third-order valence-electron chi connectivity index (χ3n) is 4.40. The molecule has 6 nitrogen and oxygen atoms in total. The number of ketones is 1. The summed E-state index contributed by atoms with van der Waals surface area (Å²) < 4.78 is 24.5. The molecule has 0 aliphatic carbocycles. The third kappa shape index (κ3) is 4.30. The van der Waals surface area contributed by atoms with Gasteiger partial charge in [0.05, 0.1) is 15.5 Å². The third-order valence-corrected chi connectivity index (χ3v) is 6.21. The summed E-state index contributed by atoms with van der Waals surface area (Å²) in [6.45, 7) is 0. The van der Waals surface area contributed by atoms with Gasteiger partial charge in [0.2, 0.25) is 10.0 Å². The predicted molar refractivity (Wildman–Crippen MR) is 118 cm³/mol. The minimum atomic E-state index is -3.79. The van der Waals surface area contributed by atoms with E-state index in [2.05, 4.69) is 0 Å². The van der Waals surface area contributed by atoms with E-state index in [0.717, 1.165) is 21.8 Å². The zero-order valence-corrected chi connectivity index (χ0v) is 17.3. The number of hydrogen-bond acceptors (Lipinski definition) is 5. The summed E-state index contributed by atoms with van der Waals surface area (Å²) in [5.74, 6) is -0.249. The van der Waals surface area contributed by atoms with Crippen LogP contribution in [0.5, 0.6) is 0 Å². The van der Waals surface area contributed by atoms with Crippen molar-refractivity contribution in [1.82, 2.24) is 9.78 Å². The number of sulfonamides is 1. The van der Waals surface area contributed by atoms with E-state index < -0.39 is 10.0 Å². The van der Waals surface area contributed by atoms with Crippen molar-refractivity contribution in [2.75, 3.05) is 0 Å². The standard InChI is InChI=1S/C22H17N3O3S2/c23-30(27,28)19-11-8-16(9-12-19)20(26)13-10-17-15-25(18-5-2-1-3-6-18)24-22(17)21-7-4-14-29-21/h1-15H,(H2,23,27,28). The van der Waals surface area contributed by atoms with Crippen LogP contribution in [-0.2, 0) is 10.0 Å². The number of nitrogens with zero attached hydrogens (tertiary/aromatic N) is 2. The molecule has 0 saturated carbocycles. The second-order valence-corrected chi connectivity index (χ2v) is 8.97. The summed E-state index contributed by atoms with van der Waals surface area (Å²) >= 11 is 1.57. The van der Waals surface area contributed by atoms with E-state index in [1.165, 1.54) is 30.3 Å². The normalized spacial score (nSPS) is 11.8. The van der Waals surface area contributed by atoms with E-state index in [9.17, 15) is 13.2 Å². The molecule has 0 spiro atoms. The number of hydrogen-bond donors (Lipinski definition) is 1. The Hall–Kier alpha value is -3.33. The maximum Gasteiger partial charge on any atom is 0.238 e. The molecule has 0 unspecified atom stereocenters. The molecule has 0 amide bonds. The lowest BCUT2D eigenvalue weighted by molar-refractivity contribution is 0.104. The van der Waals surface area contributed by atoms with E-state index in [0.29, 0.717) is 5.56 Å². The summed E-state index contributed by atoms with van der Waals surface area (Å²) in [4.78, 5) is 13.5. The minimum absolute atomic E-state index is 0.0350. The average molecular weight is 436 g/mol. The van der Waals surface area contributed by atoms with Crippen molar-refractivity contribution in [3.8, 4) is 16.3 Å². The molecule has 4 aromatic rings. The van der Waals surface area contributed by atoms with Crippen LogP contribution in [-0.4, -0.2) is 24.0 Å². The lowest BCUT2D eigenvalue weighted by atomic mass is 10.1. The molecule has 30 heavy (non-hydrogen) atoms. The van der Waals surface area contributed by atoms with Gasteiger partial charge in [-0.25, -0.2) is 18.2 Å². The molecule has 8 heteroatoms. The van der Waals surface area contributed by atoms with Crippen molar-refractivity contribution >= 4 is 33.2 Å². The van der Waals surface area contributed by atoms with Crippen LogP contribution in [0, 0.1) is 0 Å². The predicted octanol–water partition coefficient (Wildman–Crippen LogP) is 4.14. The highest BCUT2D eigenvalue weighted by Crippen LogP contribution is 2.28. The second kappa shape index (κ2) is 8.19. The highest BCUT2D eigenvalue weighted by atomic mass is 32.2. The number of carbonyl (C=O) groups excluding carboxylic acids is 1. The molecule has 0 saturated heterocycles. The molecule has 150 valence electrons. The molecule has 0 radical (unpaired) electrons. The van der Waals surface area contributed by atoms with E-state index >= 15 is 0 Å². The van der Waals surface area contributed by atoms with Gasteiger partial charge < -0.3 is 0 Å². The van der Waals surface area contributed by atoms with E-state index in [1.807, 2.05) is 54.0 Å². The van der Waals surface area contributed by atoms with Crippen LogP contribution in [0.2, 0.25) is 0 Å². The molecule has 0 aliphatic heterocycles. The average Bonchev–Trinajstić information content (AvgIpc) is 3.42. The SMILES string of the molecule is NS(=O)(=O)c1ccc(C(=O)C=Cc2cn(-c3ccccc3)nc2-c2cccs2)cc1. The number of benzene rings is 2. The zero-order chi connectivity index (χ0) is 21.1. The Bertz CT molecular complexity index is 1310. The minimum Gasteiger partial charge on any atom is -0.289 e. The van der Waals surface area contributed by atoms with E-state index in [4.69, 9.17) is 10.2 Å². The van der Waals surface area contributed by atoms with Gasteiger partial charge in [-0.05, 0) is 60.0 Å². The van der Waals surface area contributed by atoms with Gasteiger partial charge in [0, 0.05) is 17.3 Å². The summed E-state index contributed by atoms with van der Waals surface area (Å²) in [5, 5.41) is 11.8. The van der Waals surface area contributed by atoms with Gasteiger partial charge in [-0.1, -0.05) is 24.3 Å². The number of primary sulfonamides is 1. The topological polar surface area (TPSA) is 95.0 Å². The van der Waals surface area contributed by atoms with Crippen molar-refractivity contribution in [3.05, 3.63) is 95.5 Å². The summed E-state index contributed by atoms with van der Waals surface area (Å²) in [6, 6.07) is 19.2. The van der Waals surface area contributed by atoms with Crippen LogP contribution in [0.4, 0.5) is 0 Å². The first-order valence-electron chi connectivity index (χ1n) is 8.96. The van der Waals surface area contributed by atoms with E-state index in [-0.39, 0.29) is 10.7 Å². The Balaban J connectivity index is 1.65. The molecule has 0 bridgehead atoms. The van der Waals surface area contributed by atoms with Crippen LogP contribution in [0.15, 0.2) is 89.3 Å². The lowest BCUT2D eigenvalue weighted by Gasteiger charge is -1.99. The van der Waals surface area contributed by atoms with Crippen molar-refractivity contribution in [2.24, 2.45) is 5.14 Å². The Labute approximate surface area is 178 Å². The van der Waals surface area contributed by atoms with Crippen LogP contribution in [0.25, 0.3) is 22.3 Å². The molecule has 2 aromatic heterocycles. The Morgan fingerprint density at radius 2 is 1.73 bits per heavy atom. The Morgan fingerprint density at radius 3 is 2.37 bits per heavy atom. The smallest absolute Gasteiger partial charge is 0.238 e. The van der Waals surface area contributed by atoms with Gasteiger partial charge in [-0.15, -0.1) is 11.3 Å². The Kier molecular flexibility index (Phi) is 5.45. The zero-order valence-electron chi connectivity index (χ0n) is 15.7. The maximum absolute atomic E-state index is 12.6. The number of para-hydroxylation sites is 1. The fraction of sp³-hybridized carbons (Fsp3) is 0. The van der Waals surface area contributed by atoms with Gasteiger partial charge in [0.1, 0.15) is 5.69 Å². The monoisotopic (exact) mass is 435 g/mol. The fourth-order valence-electron chi connectivity index (χ4n) is 2.90. The number of nitrogens with two attached hydrogens (primary N) is 1. The fourth-order valence-corrected chi connectivity index (χ4v) is 4.14. The summed E-state index contributed by atoms with van der Waals surface area (Å²) in [7, 11) is -3.79. The number of rotatable bonds is 6. The second-order valence-electron chi connectivity index (χ2n) is 6.46. The molecule has 2 N–H and O–H groups in total. The first-order valence-corrected chi connectivity index (χ1v) is 11.4. The van der Waals surface area contributed by atoms with Crippen LogP contribution >= 0.6 is 11.3 Å². The highest BCUT2D eigenvalue weighted by Gasteiger charge is 2.13. The Morgan fingerprint density at radius 1 is 1.00 bits per heavy atom. The lowest BCUT2D eigenvalue weighted by Crippen LogP contribution is -2.12. The first kappa shape index (κ1) is 20.0. The molecule has 0 atom stereocenters. The number of allylic oxidation sites excluding steroid dienone is 1. The van der Waals surface area contributed by atoms with Crippen molar-refractivity contribution in [1.29, 1.82) is 0 Å². The van der Waals surface area contributed by atoms with Gasteiger partial charge in [0.15, 0.2) is 5.78 Å². The van der Waals surface area contributed by atoms with Crippen molar-refractivity contribution < 1.29 is 13.2 Å². The highest BCUT2D eigenvalue weighted by molar-refractivity contribution is 7.89.